The summed E-state index contributed by atoms with van der Waals surface area (Å²) in [6, 6.07) is 5.73. The number of nitrogens with one attached hydrogen (secondary N) is 1. The summed E-state index contributed by atoms with van der Waals surface area (Å²) in [6.07, 6.45) is 8.82. The zero-order valence-electron chi connectivity index (χ0n) is 20.9. The molecular weight excluding hydrogens is 474 g/mol. The number of ether oxygens (including phenoxy) is 2. The van der Waals surface area contributed by atoms with Gasteiger partial charge in [0.2, 0.25) is 11.8 Å². The summed E-state index contributed by atoms with van der Waals surface area (Å²) < 4.78 is 11.6. The third-order valence-corrected chi connectivity index (χ3v) is 8.13. The molecule has 3 aliphatic heterocycles. The molecule has 2 saturated heterocycles. The van der Waals surface area contributed by atoms with Gasteiger partial charge in [0, 0.05) is 56.0 Å². The minimum absolute atomic E-state index is 0.0863. The smallest absolute Gasteiger partial charge is 0.316 e. The summed E-state index contributed by atoms with van der Waals surface area (Å²) in [5, 5.41) is 2.35. The molecule has 1 aliphatic carbocycles. The van der Waals surface area contributed by atoms with Gasteiger partial charge < -0.3 is 14.4 Å². The van der Waals surface area contributed by atoms with Crippen molar-refractivity contribution in [2.45, 2.75) is 69.2 Å². The van der Waals surface area contributed by atoms with E-state index in [9.17, 15) is 14.4 Å². The number of rotatable bonds is 6. The lowest BCUT2D eigenvalue weighted by molar-refractivity contribution is -0.136. The number of likely N-dealkylation sites (tertiary alicyclic amines) is 1. The molecule has 3 fully saturated rings. The number of methoxy groups -OCH3 is 1. The Kier molecular flexibility index (Phi) is 6.27. The van der Waals surface area contributed by atoms with Gasteiger partial charge in [-0.15, -0.1) is 0 Å². The average Bonchev–Trinajstić information content (AvgIpc) is 3.20. The molecule has 1 saturated carbocycles. The lowest BCUT2D eigenvalue weighted by Gasteiger charge is -2.48. The van der Waals surface area contributed by atoms with Gasteiger partial charge in [0.05, 0.1) is 7.11 Å². The summed E-state index contributed by atoms with van der Waals surface area (Å²) in [4.78, 5) is 49.4. The highest BCUT2D eigenvalue weighted by Crippen LogP contribution is 2.36. The minimum Gasteiger partial charge on any atom is -0.489 e. The number of aromatic nitrogens is 2. The van der Waals surface area contributed by atoms with Crippen molar-refractivity contribution in [3.05, 3.63) is 47.3 Å². The highest BCUT2D eigenvalue weighted by molar-refractivity contribution is 6.05. The molecule has 4 heterocycles. The maximum absolute atomic E-state index is 13.0. The predicted octanol–water partition coefficient (Wildman–Crippen LogP) is 2.04. The van der Waals surface area contributed by atoms with Gasteiger partial charge in [-0.1, -0.05) is 6.42 Å². The number of nitrogens with zero attached hydrogens (tertiary/aromatic N) is 4. The highest BCUT2D eigenvalue weighted by atomic mass is 16.5. The van der Waals surface area contributed by atoms with E-state index in [2.05, 4.69) is 20.2 Å². The van der Waals surface area contributed by atoms with E-state index in [0.29, 0.717) is 36.5 Å². The lowest BCUT2D eigenvalue weighted by Crippen LogP contribution is -2.57. The van der Waals surface area contributed by atoms with Gasteiger partial charge in [-0.3, -0.25) is 24.6 Å². The maximum Gasteiger partial charge on any atom is 0.316 e. The number of hydrogen-bond acceptors (Lipinski definition) is 8. The number of carbonyl (C=O) groups excluding carboxylic acids is 3. The Morgan fingerprint density at radius 3 is 2.57 bits per heavy atom. The second-order valence-electron chi connectivity index (χ2n) is 10.4. The predicted molar refractivity (Wildman–Crippen MR) is 132 cm³/mol. The molecule has 194 valence electrons. The van der Waals surface area contributed by atoms with Crippen LogP contribution in [0.1, 0.15) is 65.9 Å². The van der Waals surface area contributed by atoms with E-state index < -0.39 is 11.9 Å². The molecule has 1 unspecified atom stereocenters. The number of hydrogen-bond donors (Lipinski definition) is 1. The zero-order valence-corrected chi connectivity index (χ0v) is 20.9. The first kappa shape index (κ1) is 23.8. The summed E-state index contributed by atoms with van der Waals surface area (Å²) >= 11 is 0. The van der Waals surface area contributed by atoms with Gasteiger partial charge in [-0.05, 0) is 55.0 Å². The van der Waals surface area contributed by atoms with Gasteiger partial charge >= 0.3 is 6.01 Å². The Hall–Kier alpha value is -3.53. The normalized spacial score (nSPS) is 26.5. The molecule has 1 aromatic carbocycles. The second kappa shape index (κ2) is 9.74. The van der Waals surface area contributed by atoms with E-state index in [1.165, 1.54) is 6.42 Å². The Morgan fingerprint density at radius 1 is 1.03 bits per heavy atom. The van der Waals surface area contributed by atoms with Crippen LogP contribution in [-0.2, 0) is 16.1 Å². The molecule has 10 heteroatoms. The van der Waals surface area contributed by atoms with Gasteiger partial charge in [0.15, 0.2) is 0 Å². The molecule has 6 rings (SSSR count). The number of fused-ring (bicyclic) bond motifs is 1. The van der Waals surface area contributed by atoms with Crippen molar-refractivity contribution in [2.75, 3.05) is 20.2 Å². The van der Waals surface area contributed by atoms with Gasteiger partial charge in [-0.25, -0.2) is 9.97 Å². The van der Waals surface area contributed by atoms with Crippen LogP contribution in [0.2, 0.25) is 0 Å². The van der Waals surface area contributed by atoms with Crippen molar-refractivity contribution < 1.29 is 23.9 Å². The molecule has 10 nitrogen and oxygen atoms in total. The van der Waals surface area contributed by atoms with Crippen molar-refractivity contribution in [2.24, 2.45) is 0 Å². The van der Waals surface area contributed by atoms with E-state index in [4.69, 9.17) is 9.47 Å². The highest BCUT2D eigenvalue weighted by Gasteiger charge is 2.41. The molecule has 3 atom stereocenters. The van der Waals surface area contributed by atoms with E-state index in [-0.39, 0.29) is 24.3 Å². The van der Waals surface area contributed by atoms with E-state index in [1.807, 2.05) is 24.5 Å². The molecule has 4 aliphatic rings. The summed E-state index contributed by atoms with van der Waals surface area (Å²) in [6.45, 7) is 2.27. The molecule has 0 bridgehead atoms. The summed E-state index contributed by atoms with van der Waals surface area (Å²) in [5.41, 5.74) is 2.60. The molecule has 0 radical (unpaired) electrons. The van der Waals surface area contributed by atoms with Gasteiger partial charge in [-0.2, -0.15) is 0 Å². The van der Waals surface area contributed by atoms with Crippen molar-refractivity contribution in [3.63, 3.8) is 0 Å². The molecule has 1 aromatic heterocycles. The zero-order chi connectivity index (χ0) is 25.5. The number of carbonyl (C=O) groups is 3. The number of amides is 3. The fourth-order valence-electron chi connectivity index (χ4n) is 6.07. The Morgan fingerprint density at radius 2 is 1.81 bits per heavy atom. The van der Waals surface area contributed by atoms with E-state index in [0.717, 1.165) is 49.2 Å². The Bertz CT molecular complexity index is 1210. The summed E-state index contributed by atoms with van der Waals surface area (Å²) in [7, 11) is 1.57. The van der Waals surface area contributed by atoms with E-state index >= 15 is 0 Å². The van der Waals surface area contributed by atoms with Crippen LogP contribution in [0.3, 0.4) is 0 Å². The SMILES string of the molecule is COc1ncc(C2CN([C@H]3CCCC[C@H]3Oc3ccc4c(c3)CN(C3CCC(=O)NC3=O)C4=O)C2)cn1. The van der Waals surface area contributed by atoms with Crippen LogP contribution in [-0.4, -0.2) is 75.9 Å². The van der Waals surface area contributed by atoms with Crippen molar-refractivity contribution in [1.29, 1.82) is 0 Å². The number of piperidine rings is 1. The first-order valence-corrected chi connectivity index (χ1v) is 13.0. The van der Waals surface area contributed by atoms with E-state index in [1.54, 1.807) is 18.1 Å². The van der Waals surface area contributed by atoms with Crippen molar-refractivity contribution in [1.82, 2.24) is 25.1 Å². The van der Waals surface area contributed by atoms with Crippen molar-refractivity contribution >= 4 is 17.7 Å². The molecule has 1 N–H and O–H groups in total. The third-order valence-electron chi connectivity index (χ3n) is 8.13. The lowest BCUT2D eigenvalue weighted by atomic mass is 9.85. The molecule has 37 heavy (non-hydrogen) atoms. The van der Waals surface area contributed by atoms with Crippen LogP contribution in [0.25, 0.3) is 0 Å². The minimum atomic E-state index is -0.611. The monoisotopic (exact) mass is 505 g/mol. The fraction of sp³-hybridized carbons (Fsp3) is 0.519. The molecule has 2 aromatic rings. The largest absolute Gasteiger partial charge is 0.489 e. The van der Waals surface area contributed by atoms with Crippen LogP contribution in [0, 0.1) is 0 Å². The van der Waals surface area contributed by atoms with Gasteiger partial charge in [0.1, 0.15) is 17.9 Å². The van der Waals surface area contributed by atoms with Crippen molar-refractivity contribution in [3.8, 4) is 11.8 Å². The average molecular weight is 506 g/mol. The summed E-state index contributed by atoms with van der Waals surface area (Å²) in [5.74, 6) is 0.328. The standard InChI is InChI=1S/C27H31N5O5/c1-36-27-28-11-17(12-29-27)18-13-31(14-18)21-4-2-3-5-23(21)37-19-6-7-20-16(10-19)15-32(26(20)35)22-8-9-24(33)30-25(22)34/h6-7,10-12,18,21-23H,2-5,8-9,13-15H2,1H3,(H,30,33,34)/t21-,22?,23+/m0/s1. The Balaban J connectivity index is 1.10. The third kappa shape index (κ3) is 4.54. The van der Waals surface area contributed by atoms with Crippen LogP contribution in [0.15, 0.2) is 30.6 Å². The van der Waals surface area contributed by atoms with Crippen LogP contribution < -0.4 is 14.8 Å². The van der Waals surface area contributed by atoms with Crippen LogP contribution in [0.4, 0.5) is 0 Å². The van der Waals surface area contributed by atoms with Gasteiger partial charge in [0.25, 0.3) is 5.91 Å². The first-order chi connectivity index (χ1) is 18.0. The molecule has 0 spiro atoms. The van der Waals surface area contributed by atoms with Crippen LogP contribution in [0.5, 0.6) is 11.8 Å². The fourth-order valence-corrected chi connectivity index (χ4v) is 6.07. The Labute approximate surface area is 215 Å². The first-order valence-electron chi connectivity index (χ1n) is 13.0. The topological polar surface area (TPSA) is 114 Å². The molecule has 3 amide bonds. The number of benzene rings is 1. The maximum atomic E-state index is 13.0. The van der Waals surface area contributed by atoms with Crippen LogP contribution >= 0.6 is 0 Å². The number of imide groups is 1. The molecular formula is C27H31N5O5. The second-order valence-corrected chi connectivity index (χ2v) is 10.4. The quantitative estimate of drug-likeness (QED) is 0.594.